The molecule has 1 aromatic carbocycles. The third-order valence-corrected chi connectivity index (χ3v) is 2.15. The van der Waals surface area contributed by atoms with Crippen LogP contribution in [0.3, 0.4) is 0 Å². The second-order valence-corrected chi connectivity index (χ2v) is 3.94. The van der Waals surface area contributed by atoms with Gasteiger partial charge in [-0.25, -0.2) is 14.5 Å². The third kappa shape index (κ3) is 3.70. The molecule has 0 saturated carbocycles. The van der Waals surface area contributed by atoms with Gasteiger partial charge >= 0.3 is 18.0 Å². The number of hydrogen-bond acceptors (Lipinski definition) is 4. The van der Waals surface area contributed by atoms with Gasteiger partial charge in [0, 0.05) is 21.0 Å². The van der Waals surface area contributed by atoms with Gasteiger partial charge in [0.05, 0.1) is 5.69 Å². The van der Waals surface area contributed by atoms with Crippen molar-refractivity contribution in [3.63, 3.8) is 0 Å². The highest BCUT2D eigenvalue weighted by atomic mass is 16.5. The number of nitrogens with two attached hydrogens (primary N) is 1. The number of nitrogens with zero attached hydrogens (tertiary/aromatic N) is 2. The zero-order chi connectivity index (χ0) is 14.6. The molecule has 0 aromatic heterocycles. The monoisotopic (exact) mass is 265 g/mol. The molecule has 0 aliphatic rings. The van der Waals surface area contributed by atoms with E-state index < -0.39 is 18.0 Å². The quantitative estimate of drug-likeness (QED) is 0.641. The molecule has 1 rings (SSSR count). The lowest BCUT2D eigenvalue weighted by Crippen LogP contribution is -2.46. The van der Waals surface area contributed by atoms with Crippen LogP contribution in [0.15, 0.2) is 24.3 Å². The molecule has 0 saturated heterocycles. The molecule has 102 valence electrons. The molecule has 0 radical (unpaired) electrons. The van der Waals surface area contributed by atoms with Crippen LogP contribution in [0.5, 0.6) is 5.75 Å². The number of anilines is 1. The Kier molecular flexibility index (Phi) is 4.46. The van der Waals surface area contributed by atoms with Gasteiger partial charge < -0.3 is 15.4 Å². The van der Waals surface area contributed by atoms with Crippen LogP contribution in [0, 0.1) is 0 Å². The summed E-state index contributed by atoms with van der Waals surface area (Å²) in [6, 6.07) is 4.41. The van der Waals surface area contributed by atoms with Crippen molar-refractivity contribution in [2.75, 3.05) is 19.0 Å². The third-order valence-electron chi connectivity index (χ3n) is 2.15. The van der Waals surface area contributed by atoms with Gasteiger partial charge in [0.2, 0.25) is 0 Å². The molecule has 0 atom stereocenters. The molecule has 7 heteroatoms. The fourth-order valence-electron chi connectivity index (χ4n) is 1.36. The Morgan fingerprint density at radius 3 is 2.00 bits per heavy atom. The highest BCUT2D eigenvalue weighted by molar-refractivity contribution is 6.12. The topological polar surface area (TPSA) is 92.9 Å². The van der Waals surface area contributed by atoms with Crippen LogP contribution in [0.2, 0.25) is 0 Å². The molecule has 0 bridgehead atoms. The molecule has 2 N–H and O–H groups in total. The van der Waals surface area contributed by atoms with Crippen LogP contribution < -0.4 is 15.4 Å². The van der Waals surface area contributed by atoms with Crippen LogP contribution >= 0.6 is 0 Å². The van der Waals surface area contributed by atoms with Crippen molar-refractivity contribution in [1.82, 2.24) is 4.90 Å². The first kappa shape index (κ1) is 14.5. The van der Waals surface area contributed by atoms with Gasteiger partial charge in [0.25, 0.3) is 0 Å². The standard InChI is InChI=1S/C12H15N3O4/c1-8(16)19-10-6-4-9(5-7-10)15(11(13)17)12(18)14(2)3/h4-7H,1-3H3,(H2,13,17). The van der Waals surface area contributed by atoms with Crippen molar-refractivity contribution in [2.24, 2.45) is 5.73 Å². The molecule has 0 spiro atoms. The minimum Gasteiger partial charge on any atom is -0.427 e. The van der Waals surface area contributed by atoms with Crippen molar-refractivity contribution < 1.29 is 19.1 Å². The van der Waals surface area contributed by atoms with Crippen molar-refractivity contribution in [1.29, 1.82) is 0 Å². The Labute approximate surface area is 110 Å². The lowest BCUT2D eigenvalue weighted by molar-refractivity contribution is -0.131. The zero-order valence-electron chi connectivity index (χ0n) is 10.9. The van der Waals surface area contributed by atoms with E-state index in [0.717, 1.165) is 4.90 Å². The van der Waals surface area contributed by atoms with E-state index in [2.05, 4.69) is 0 Å². The van der Waals surface area contributed by atoms with Crippen molar-refractivity contribution in [2.45, 2.75) is 6.92 Å². The molecule has 0 aliphatic carbocycles. The molecule has 19 heavy (non-hydrogen) atoms. The summed E-state index contributed by atoms with van der Waals surface area (Å²) in [5, 5.41) is 0. The van der Waals surface area contributed by atoms with E-state index in [4.69, 9.17) is 10.5 Å². The first-order valence-corrected chi connectivity index (χ1v) is 5.42. The maximum atomic E-state index is 11.8. The summed E-state index contributed by atoms with van der Waals surface area (Å²) in [6.45, 7) is 1.28. The van der Waals surface area contributed by atoms with Crippen LogP contribution in [-0.4, -0.2) is 37.0 Å². The van der Waals surface area contributed by atoms with Crippen molar-refractivity contribution in [3.8, 4) is 5.75 Å². The summed E-state index contributed by atoms with van der Waals surface area (Å²) in [5.41, 5.74) is 5.47. The predicted molar refractivity (Wildman–Crippen MR) is 68.9 cm³/mol. The zero-order valence-corrected chi connectivity index (χ0v) is 10.9. The van der Waals surface area contributed by atoms with Gasteiger partial charge in [-0.3, -0.25) is 4.79 Å². The van der Waals surface area contributed by atoms with Gasteiger partial charge in [-0.05, 0) is 24.3 Å². The SMILES string of the molecule is CC(=O)Oc1ccc(N(C(N)=O)C(=O)N(C)C)cc1. The van der Waals surface area contributed by atoms with E-state index in [1.54, 1.807) is 0 Å². The summed E-state index contributed by atoms with van der Waals surface area (Å²) < 4.78 is 4.85. The first-order valence-electron chi connectivity index (χ1n) is 5.42. The van der Waals surface area contributed by atoms with Crippen LogP contribution in [-0.2, 0) is 4.79 Å². The van der Waals surface area contributed by atoms with E-state index in [-0.39, 0.29) is 0 Å². The van der Waals surface area contributed by atoms with Gasteiger partial charge in [0.1, 0.15) is 5.75 Å². The van der Waals surface area contributed by atoms with Gasteiger partial charge in [-0.15, -0.1) is 0 Å². The van der Waals surface area contributed by atoms with E-state index in [1.807, 2.05) is 0 Å². The molecular weight excluding hydrogens is 250 g/mol. The highest BCUT2D eigenvalue weighted by Gasteiger charge is 2.22. The minimum absolute atomic E-state index is 0.294. The van der Waals surface area contributed by atoms with E-state index >= 15 is 0 Å². The molecule has 0 fully saturated rings. The first-order chi connectivity index (χ1) is 8.82. The number of imide groups is 1. The number of primary amides is 1. The number of esters is 1. The Morgan fingerprint density at radius 2 is 1.63 bits per heavy atom. The fourth-order valence-corrected chi connectivity index (χ4v) is 1.36. The molecule has 7 nitrogen and oxygen atoms in total. The normalized spacial score (nSPS) is 9.63. The Morgan fingerprint density at radius 1 is 1.11 bits per heavy atom. The largest absolute Gasteiger partial charge is 0.427 e. The number of urea groups is 2. The molecule has 0 heterocycles. The number of hydrogen-bond donors (Lipinski definition) is 1. The molecule has 1 aromatic rings. The van der Waals surface area contributed by atoms with Crippen molar-refractivity contribution in [3.05, 3.63) is 24.3 Å². The summed E-state index contributed by atoms with van der Waals surface area (Å²) in [5.74, 6) is -0.137. The predicted octanol–water partition coefficient (Wildman–Crippen LogP) is 1.18. The average molecular weight is 265 g/mol. The van der Waals surface area contributed by atoms with Crippen molar-refractivity contribution >= 4 is 23.7 Å². The molecule has 0 aliphatic heterocycles. The number of carbonyl (C=O) groups excluding carboxylic acids is 3. The average Bonchev–Trinajstić information content (AvgIpc) is 2.30. The lowest BCUT2D eigenvalue weighted by atomic mass is 10.3. The summed E-state index contributed by atoms with van der Waals surface area (Å²) in [6.07, 6.45) is 0. The van der Waals surface area contributed by atoms with E-state index in [0.29, 0.717) is 11.4 Å². The van der Waals surface area contributed by atoms with Gasteiger partial charge in [-0.2, -0.15) is 0 Å². The van der Waals surface area contributed by atoms with Crippen LogP contribution in [0.25, 0.3) is 0 Å². The van der Waals surface area contributed by atoms with Gasteiger partial charge in [-0.1, -0.05) is 0 Å². The van der Waals surface area contributed by atoms with Crippen LogP contribution in [0.4, 0.5) is 15.3 Å². The maximum absolute atomic E-state index is 11.8. The Bertz CT molecular complexity index is 496. The number of benzene rings is 1. The lowest BCUT2D eigenvalue weighted by Gasteiger charge is -2.22. The number of rotatable bonds is 2. The smallest absolute Gasteiger partial charge is 0.332 e. The minimum atomic E-state index is -0.890. The molecule has 4 amide bonds. The van der Waals surface area contributed by atoms with E-state index in [1.165, 1.54) is 50.2 Å². The highest BCUT2D eigenvalue weighted by Crippen LogP contribution is 2.20. The fraction of sp³-hybridized carbons (Fsp3) is 0.250. The number of carbonyl (C=O) groups is 3. The van der Waals surface area contributed by atoms with Crippen LogP contribution in [0.1, 0.15) is 6.92 Å². The second-order valence-electron chi connectivity index (χ2n) is 3.94. The van der Waals surface area contributed by atoms with Gasteiger partial charge in [0.15, 0.2) is 0 Å². The maximum Gasteiger partial charge on any atom is 0.332 e. The summed E-state index contributed by atoms with van der Waals surface area (Å²) in [4.78, 5) is 36.0. The summed E-state index contributed by atoms with van der Waals surface area (Å²) in [7, 11) is 3.01. The Hall–Kier alpha value is -2.57. The number of ether oxygens (including phenoxy) is 1. The molecular formula is C12H15N3O4. The molecule has 0 unspecified atom stereocenters. The number of amides is 4. The second kappa shape index (κ2) is 5.85. The van der Waals surface area contributed by atoms with E-state index in [9.17, 15) is 14.4 Å². The Balaban J connectivity index is 3.01. The summed E-state index contributed by atoms with van der Waals surface area (Å²) >= 11 is 0.